The largest absolute Gasteiger partial charge is 0.325 e. The molecule has 0 amide bonds. The van der Waals surface area contributed by atoms with Crippen molar-refractivity contribution in [2.75, 3.05) is 0 Å². The molecule has 0 bridgehead atoms. The lowest BCUT2D eigenvalue weighted by Crippen LogP contribution is -2.11. The molecule has 3 rings (SSSR count). The minimum absolute atomic E-state index is 0.576. The van der Waals surface area contributed by atoms with Gasteiger partial charge in [-0.1, -0.05) is 29.8 Å². The summed E-state index contributed by atoms with van der Waals surface area (Å²) < 4.78 is 0. The highest BCUT2D eigenvalue weighted by Gasteiger charge is 2.23. The van der Waals surface area contributed by atoms with Crippen molar-refractivity contribution in [1.82, 2.24) is 4.98 Å². The number of thiazole rings is 1. The second-order valence-electron chi connectivity index (χ2n) is 5.04. The van der Waals surface area contributed by atoms with Gasteiger partial charge in [0, 0.05) is 11.4 Å². The van der Waals surface area contributed by atoms with Crippen LogP contribution in [0.5, 0.6) is 0 Å². The van der Waals surface area contributed by atoms with Crippen molar-refractivity contribution in [2.24, 2.45) is 5.73 Å². The molecule has 1 unspecified atom stereocenters. The van der Waals surface area contributed by atoms with E-state index in [2.05, 4.69) is 36.2 Å². The van der Waals surface area contributed by atoms with Gasteiger partial charge in [0.25, 0.3) is 0 Å². The Hall–Kier alpha value is -1.19. The molecule has 0 fully saturated rings. The fourth-order valence-electron chi connectivity index (χ4n) is 2.72. The first-order chi connectivity index (χ1) is 8.76. The molecule has 0 aliphatic heterocycles. The number of hydrogen-bond acceptors (Lipinski definition) is 3. The maximum Gasteiger partial charge on any atom is 0.107 e. The molecule has 0 saturated carbocycles. The molecule has 1 aromatic heterocycles. The van der Waals surface area contributed by atoms with E-state index in [9.17, 15) is 0 Å². The predicted octanol–water partition coefficient (Wildman–Crippen LogP) is 3.18. The summed E-state index contributed by atoms with van der Waals surface area (Å²) in [7, 11) is 0. The lowest BCUT2D eigenvalue weighted by atomic mass is 9.85. The Morgan fingerprint density at radius 3 is 3.11 bits per heavy atom. The van der Waals surface area contributed by atoms with E-state index < -0.39 is 0 Å². The van der Waals surface area contributed by atoms with Crippen LogP contribution in [-0.2, 0) is 19.4 Å². The van der Waals surface area contributed by atoms with Gasteiger partial charge < -0.3 is 5.73 Å². The van der Waals surface area contributed by atoms with E-state index in [1.54, 1.807) is 11.3 Å². The SMILES string of the molecule is Cc1cccc(C2CCc3nc(CN)sc3C2)c1. The molecular formula is C15H18N2S. The van der Waals surface area contributed by atoms with Crippen molar-refractivity contribution < 1.29 is 0 Å². The standard InChI is InChI=1S/C15H18N2S/c1-10-3-2-4-11(7-10)12-5-6-13-14(8-12)18-15(9-16)17-13/h2-4,7,12H,5-6,8-9,16H2,1H3. The van der Waals surface area contributed by atoms with Gasteiger partial charge in [0.1, 0.15) is 5.01 Å². The van der Waals surface area contributed by atoms with E-state index in [1.807, 2.05) is 0 Å². The second kappa shape index (κ2) is 4.82. The Morgan fingerprint density at radius 2 is 2.33 bits per heavy atom. The van der Waals surface area contributed by atoms with Gasteiger partial charge >= 0.3 is 0 Å². The van der Waals surface area contributed by atoms with E-state index in [0.29, 0.717) is 12.5 Å². The van der Waals surface area contributed by atoms with Crippen LogP contribution in [0.1, 0.15) is 39.0 Å². The number of rotatable bonds is 2. The van der Waals surface area contributed by atoms with Crippen LogP contribution in [-0.4, -0.2) is 4.98 Å². The third-order valence-corrected chi connectivity index (χ3v) is 4.81. The summed E-state index contributed by atoms with van der Waals surface area (Å²) in [5.74, 6) is 0.656. The zero-order valence-electron chi connectivity index (χ0n) is 10.6. The van der Waals surface area contributed by atoms with Gasteiger partial charge in [-0.05, 0) is 37.7 Å². The van der Waals surface area contributed by atoms with Crippen LogP contribution in [0.25, 0.3) is 0 Å². The zero-order chi connectivity index (χ0) is 12.5. The van der Waals surface area contributed by atoms with Crippen molar-refractivity contribution in [3.8, 4) is 0 Å². The quantitative estimate of drug-likeness (QED) is 0.898. The number of benzene rings is 1. The number of aryl methyl sites for hydroxylation is 2. The molecule has 94 valence electrons. The van der Waals surface area contributed by atoms with E-state index in [4.69, 9.17) is 5.73 Å². The van der Waals surface area contributed by atoms with Crippen LogP contribution in [0.2, 0.25) is 0 Å². The monoisotopic (exact) mass is 258 g/mol. The van der Waals surface area contributed by atoms with Gasteiger partial charge in [-0.15, -0.1) is 11.3 Å². The van der Waals surface area contributed by atoms with Gasteiger partial charge in [-0.25, -0.2) is 4.98 Å². The summed E-state index contributed by atoms with van der Waals surface area (Å²) in [4.78, 5) is 6.06. The van der Waals surface area contributed by atoms with Gasteiger partial charge in [-0.2, -0.15) is 0 Å². The Bertz CT molecular complexity index is 559. The average molecular weight is 258 g/mol. The molecule has 0 spiro atoms. The molecule has 2 nitrogen and oxygen atoms in total. The topological polar surface area (TPSA) is 38.9 Å². The highest BCUT2D eigenvalue weighted by Crippen LogP contribution is 2.35. The minimum atomic E-state index is 0.576. The molecule has 0 radical (unpaired) electrons. The van der Waals surface area contributed by atoms with Crippen molar-refractivity contribution >= 4 is 11.3 Å². The summed E-state index contributed by atoms with van der Waals surface area (Å²) in [6.07, 6.45) is 3.45. The fourth-order valence-corrected chi connectivity index (χ4v) is 3.80. The molecule has 3 heteroatoms. The van der Waals surface area contributed by atoms with Gasteiger partial charge in [0.15, 0.2) is 0 Å². The smallest absolute Gasteiger partial charge is 0.107 e. The highest BCUT2D eigenvalue weighted by molar-refractivity contribution is 7.11. The van der Waals surface area contributed by atoms with Crippen molar-refractivity contribution in [1.29, 1.82) is 0 Å². The second-order valence-corrected chi connectivity index (χ2v) is 6.20. The van der Waals surface area contributed by atoms with Crippen LogP contribution in [0.3, 0.4) is 0 Å². The van der Waals surface area contributed by atoms with Gasteiger partial charge in [-0.3, -0.25) is 0 Å². The lowest BCUT2D eigenvalue weighted by Gasteiger charge is -2.21. The van der Waals surface area contributed by atoms with Gasteiger partial charge in [0.05, 0.1) is 5.69 Å². The number of nitrogens with zero attached hydrogens (tertiary/aromatic N) is 1. The normalized spacial score (nSPS) is 18.7. The molecule has 1 heterocycles. The van der Waals surface area contributed by atoms with Crippen LogP contribution in [0.15, 0.2) is 24.3 Å². The minimum Gasteiger partial charge on any atom is -0.325 e. The van der Waals surface area contributed by atoms with E-state index in [-0.39, 0.29) is 0 Å². The molecule has 2 aromatic rings. The van der Waals surface area contributed by atoms with E-state index in [1.165, 1.54) is 28.1 Å². The Labute approximate surface area is 112 Å². The molecular weight excluding hydrogens is 240 g/mol. The average Bonchev–Trinajstić information content (AvgIpc) is 2.80. The first-order valence-electron chi connectivity index (χ1n) is 6.50. The highest BCUT2D eigenvalue weighted by atomic mass is 32.1. The van der Waals surface area contributed by atoms with Crippen molar-refractivity contribution in [3.63, 3.8) is 0 Å². The first kappa shape index (κ1) is 11.9. The third-order valence-electron chi connectivity index (χ3n) is 3.67. The first-order valence-corrected chi connectivity index (χ1v) is 7.32. The number of hydrogen-bond donors (Lipinski definition) is 1. The Balaban J connectivity index is 1.86. The Morgan fingerprint density at radius 1 is 1.44 bits per heavy atom. The van der Waals surface area contributed by atoms with Crippen molar-refractivity contribution in [3.05, 3.63) is 51.0 Å². The summed E-state index contributed by atoms with van der Waals surface area (Å²) in [5.41, 5.74) is 9.80. The number of nitrogens with two attached hydrogens (primary N) is 1. The third kappa shape index (κ3) is 2.20. The summed E-state index contributed by atoms with van der Waals surface area (Å²) in [6.45, 7) is 2.74. The Kier molecular flexibility index (Phi) is 3.18. The molecule has 1 aliphatic rings. The number of aromatic nitrogens is 1. The zero-order valence-corrected chi connectivity index (χ0v) is 11.5. The van der Waals surface area contributed by atoms with Crippen LogP contribution < -0.4 is 5.73 Å². The summed E-state index contributed by atoms with van der Waals surface area (Å²) >= 11 is 1.80. The van der Waals surface area contributed by atoms with E-state index >= 15 is 0 Å². The summed E-state index contributed by atoms with van der Waals surface area (Å²) in [6, 6.07) is 8.91. The predicted molar refractivity (Wildman–Crippen MR) is 76.0 cm³/mol. The van der Waals surface area contributed by atoms with Gasteiger partial charge in [0.2, 0.25) is 0 Å². The molecule has 0 saturated heterocycles. The molecule has 1 atom stereocenters. The molecule has 1 aliphatic carbocycles. The molecule has 1 aromatic carbocycles. The fraction of sp³-hybridized carbons (Fsp3) is 0.400. The lowest BCUT2D eigenvalue weighted by molar-refractivity contribution is 0.583. The molecule has 2 N–H and O–H groups in total. The number of fused-ring (bicyclic) bond motifs is 1. The molecule has 18 heavy (non-hydrogen) atoms. The van der Waals surface area contributed by atoms with E-state index in [0.717, 1.165) is 17.8 Å². The maximum atomic E-state index is 5.68. The maximum absolute atomic E-state index is 5.68. The van der Waals surface area contributed by atoms with Crippen molar-refractivity contribution in [2.45, 2.75) is 38.6 Å². The van der Waals surface area contributed by atoms with Crippen LogP contribution >= 0.6 is 11.3 Å². The van der Waals surface area contributed by atoms with Crippen LogP contribution in [0.4, 0.5) is 0 Å². The van der Waals surface area contributed by atoms with Crippen LogP contribution in [0, 0.1) is 6.92 Å². The summed E-state index contributed by atoms with van der Waals surface area (Å²) in [5, 5.41) is 1.09.